The Kier molecular flexibility index (Phi) is 16.2. The van der Waals surface area contributed by atoms with E-state index in [1.807, 2.05) is 0 Å². The summed E-state index contributed by atoms with van der Waals surface area (Å²) in [5, 5.41) is 0. The van der Waals surface area contributed by atoms with Crippen LogP contribution in [0.3, 0.4) is 0 Å². The van der Waals surface area contributed by atoms with Crippen LogP contribution >= 0.6 is 11.8 Å². The second-order valence-electron chi connectivity index (χ2n) is 5.21. The number of hydrogen-bond donors (Lipinski definition) is 0. The Morgan fingerprint density at radius 3 is 2.10 bits per heavy atom. The molecule has 0 aromatic heterocycles. The monoisotopic (exact) mass is 300 g/mol. The SMILES string of the molecule is C=CCSCC(=O)OCCCCCCCCCCCC. The highest BCUT2D eigenvalue weighted by molar-refractivity contribution is 8.00. The zero-order valence-electron chi connectivity index (χ0n) is 13.2. The third-order valence-corrected chi connectivity index (χ3v) is 4.13. The van der Waals surface area contributed by atoms with Gasteiger partial charge in [-0.15, -0.1) is 18.3 Å². The van der Waals surface area contributed by atoms with Crippen molar-refractivity contribution in [2.24, 2.45) is 0 Å². The number of hydrogen-bond acceptors (Lipinski definition) is 3. The first-order chi connectivity index (χ1) is 9.81. The van der Waals surface area contributed by atoms with Crippen molar-refractivity contribution in [1.82, 2.24) is 0 Å². The largest absolute Gasteiger partial charge is 0.465 e. The third kappa shape index (κ3) is 15.6. The van der Waals surface area contributed by atoms with Gasteiger partial charge >= 0.3 is 5.97 Å². The molecule has 0 aliphatic rings. The predicted molar refractivity (Wildman–Crippen MR) is 90.3 cm³/mol. The molecule has 0 unspecified atom stereocenters. The highest BCUT2D eigenvalue weighted by atomic mass is 32.2. The quantitative estimate of drug-likeness (QED) is 0.231. The van der Waals surface area contributed by atoms with Crippen LogP contribution in [0.25, 0.3) is 0 Å². The summed E-state index contributed by atoms with van der Waals surface area (Å²) < 4.78 is 5.17. The van der Waals surface area contributed by atoms with E-state index in [9.17, 15) is 4.79 Å². The summed E-state index contributed by atoms with van der Waals surface area (Å²) >= 11 is 1.55. The van der Waals surface area contributed by atoms with Crippen LogP contribution in [0.4, 0.5) is 0 Å². The summed E-state index contributed by atoms with van der Waals surface area (Å²) in [6, 6.07) is 0. The van der Waals surface area contributed by atoms with E-state index >= 15 is 0 Å². The van der Waals surface area contributed by atoms with Crippen molar-refractivity contribution < 1.29 is 9.53 Å². The third-order valence-electron chi connectivity index (χ3n) is 3.22. The maximum Gasteiger partial charge on any atom is 0.315 e. The first-order valence-corrected chi connectivity index (χ1v) is 9.31. The number of unbranched alkanes of at least 4 members (excludes halogenated alkanes) is 9. The number of carbonyl (C=O) groups excluding carboxylic acids is 1. The van der Waals surface area contributed by atoms with Gasteiger partial charge in [0.05, 0.1) is 12.4 Å². The molecule has 0 aromatic rings. The lowest BCUT2D eigenvalue weighted by atomic mass is 10.1. The van der Waals surface area contributed by atoms with Gasteiger partial charge in [0.1, 0.15) is 0 Å². The van der Waals surface area contributed by atoms with Gasteiger partial charge in [-0.1, -0.05) is 70.8 Å². The van der Waals surface area contributed by atoms with E-state index in [4.69, 9.17) is 4.74 Å². The average molecular weight is 301 g/mol. The molecule has 0 spiro atoms. The highest BCUT2D eigenvalue weighted by Gasteiger charge is 2.01. The first-order valence-electron chi connectivity index (χ1n) is 8.15. The molecule has 0 saturated heterocycles. The van der Waals surface area contributed by atoms with Crippen molar-refractivity contribution in [3.8, 4) is 0 Å². The molecule has 0 aromatic carbocycles. The minimum atomic E-state index is -0.0900. The Bertz CT molecular complexity index is 229. The molecule has 0 amide bonds. The zero-order valence-corrected chi connectivity index (χ0v) is 14.0. The second kappa shape index (κ2) is 16.6. The van der Waals surface area contributed by atoms with Gasteiger partial charge in [-0.3, -0.25) is 4.79 Å². The Hall–Kier alpha value is -0.440. The summed E-state index contributed by atoms with van der Waals surface area (Å²) in [7, 11) is 0. The van der Waals surface area contributed by atoms with Gasteiger partial charge in [0.2, 0.25) is 0 Å². The van der Waals surface area contributed by atoms with E-state index in [2.05, 4.69) is 13.5 Å². The molecule has 0 rings (SSSR count). The molecule has 0 saturated carbocycles. The van der Waals surface area contributed by atoms with E-state index in [0.717, 1.165) is 12.2 Å². The van der Waals surface area contributed by atoms with Gasteiger partial charge in [0.15, 0.2) is 0 Å². The highest BCUT2D eigenvalue weighted by Crippen LogP contribution is 2.10. The molecule has 2 nitrogen and oxygen atoms in total. The maximum absolute atomic E-state index is 11.3. The molecule has 0 N–H and O–H groups in total. The smallest absolute Gasteiger partial charge is 0.315 e. The van der Waals surface area contributed by atoms with Gasteiger partial charge in [-0.2, -0.15) is 0 Å². The van der Waals surface area contributed by atoms with Crippen molar-refractivity contribution in [2.75, 3.05) is 18.1 Å². The van der Waals surface area contributed by atoms with Crippen LogP contribution < -0.4 is 0 Å². The molecule has 0 radical (unpaired) electrons. The van der Waals surface area contributed by atoms with Gasteiger partial charge < -0.3 is 4.74 Å². The topological polar surface area (TPSA) is 26.3 Å². The van der Waals surface area contributed by atoms with E-state index in [1.54, 1.807) is 17.8 Å². The van der Waals surface area contributed by atoms with E-state index in [0.29, 0.717) is 12.4 Å². The van der Waals surface area contributed by atoms with Crippen LogP contribution in [0.2, 0.25) is 0 Å². The van der Waals surface area contributed by atoms with Gasteiger partial charge in [-0.25, -0.2) is 0 Å². The minimum absolute atomic E-state index is 0.0900. The second-order valence-corrected chi connectivity index (χ2v) is 6.24. The standard InChI is InChI=1S/C17H32O2S/c1-3-5-6-7-8-9-10-11-12-13-14-19-17(18)16-20-15-4-2/h4H,2-3,5-16H2,1H3. The molecule has 0 fully saturated rings. The fourth-order valence-corrected chi connectivity index (χ4v) is 2.58. The molecule has 0 heterocycles. The molecule has 118 valence electrons. The van der Waals surface area contributed by atoms with Crippen LogP contribution in [0.1, 0.15) is 71.1 Å². The Morgan fingerprint density at radius 2 is 1.55 bits per heavy atom. The lowest BCUT2D eigenvalue weighted by Gasteiger charge is -2.04. The van der Waals surface area contributed by atoms with Gasteiger partial charge in [0, 0.05) is 5.75 Å². The zero-order chi connectivity index (χ0) is 14.9. The molecular weight excluding hydrogens is 268 g/mol. The number of thioether (sulfide) groups is 1. The van der Waals surface area contributed by atoms with E-state index in [1.165, 1.54) is 57.8 Å². The van der Waals surface area contributed by atoms with E-state index < -0.39 is 0 Å². The van der Waals surface area contributed by atoms with Crippen molar-refractivity contribution in [3.05, 3.63) is 12.7 Å². The van der Waals surface area contributed by atoms with Crippen LogP contribution in [0.5, 0.6) is 0 Å². The lowest BCUT2D eigenvalue weighted by Crippen LogP contribution is -2.08. The van der Waals surface area contributed by atoms with Crippen molar-refractivity contribution in [3.63, 3.8) is 0 Å². The summed E-state index contributed by atoms with van der Waals surface area (Å²) in [6.45, 7) is 6.46. The molecule has 0 atom stereocenters. The van der Waals surface area contributed by atoms with Crippen LogP contribution in [-0.4, -0.2) is 24.1 Å². The Labute approximate surface area is 129 Å². The summed E-state index contributed by atoms with van der Waals surface area (Å²) in [6.07, 6.45) is 14.9. The number of carbonyl (C=O) groups is 1. The molecule has 20 heavy (non-hydrogen) atoms. The molecule has 0 bridgehead atoms. The predicted octanol–water partition coefficient (Wildman–Crippen LogP) is 5.37. The number of esters is 1. The van der Waals surface area contributed by atoms with Gasteiger partial charge in [0.25, 0.3) is 0 Å². The number of rotatable bonds is 15. The fraction of sp³-hybridized carbons (Fsp3) is 0.824. The van der Waals surface area contributed by atoms with Crippen molar-refractivity contribution in [1.29, 1.82) is 0 Å². The molecule has 0 aliphatic heterocycles. The normalized spacial score (nSPS) is 10.4. The molecular formula is C17H32O2S. The summed E-state index contributed by atoms with van der Waals surface area (Å²) in [4.78, 5) is 11.3. The Morgan fingerprint density at radius 1 is 1.00 bits per heavy atom. The Balaban J connectivity index is 3.08. The van der Waals surface area contributed by atoms with Crippen LogP contribution in [-0.2, 0) is 9.53 Å². The van der Waals surface area contributed by atoms with Crippen molar-refractivity contribution >= 4 is 17.7 Å². The van der Waals surface area contributed by atoms with Crippen LogP contribution in [0.15, 0.2) is 12.7 Å². The summed E-state index contributed by atoms with van der Waals surface area (Å²) in [5.41, 5.74) is 0. The summed E-state index contributed by atoms with van der Waals surface area (Å²) in [5.74, 6) is 1.17. The van der Waals surface area contributed by atoms with E-state index in [-0.39, 0.29) is 5.97 Å². The first kappa shape index (κ1) is 19.6. The molecule has 0 aliphatic carbocycles. The molecule has 3 heteroatoms. The lowest BCUT2D eigenvalue weighted by molar-refractivity contribution is -0.140. The maximum atomic E-state index is 11.3. The van der Waals surface area contributed by atoms with Crippen molar-refractivity contribution in [2.45, 2.75) is 71.1 Å². The minimum Gasteiger partial charge on any atom is -0.465 e. The number of ether oxygens (including phenoxy) is 1. The fourth-order valence-electron chi connectivity index (χ4n) is 2.04. The average Bonchev–Trinajstić information content (AvgIpc) is 2.45. The van der Waals surface area contributed by atoms with Gasteiger partial charge in [-0.05, 0) is 6.42 Å². The van der Waals surface area contributed by atoms with Crippen LogP contribution in [0, 0.1) is 0 Å².